The second-order valence-corrected chi connectivity index (χ2v) is 6.70. The second-order valence-electron chi connectivity index (χ2n) is 3.63. The molecule has 0 saturated carbocycles. The minimum Gasteiger partial charge on any atom is -0.376 e. The molecule has 0 spiro atoms. The van der Waals surface area contributed by atoms with Crippen LogP contribution in [0.3, 0.4) is 0 Å². The van der Waals surface area contributed by atoms with Gasteiger partial charge in [0.2, 0.25) is 0 Å². The number of benzene rings is 1. The Hall–Kier alpha value is -0.220. The van der Waals surface area contributed by atoms with Gasteiger partial charge in [-0.15, -0.1) is 11.3 Å². The van der Waals surface area contributed by atoms with Crippen molar-refractivity contribution in [3.63, 3.8) is 0 Å². The van der Waals surface area contributed by atoms with Crippen molar-refractivity contribution in [2.24, 2.45) is 0 Å². The van der Waals surface area contributed by atoms with Crippen LogP contribution in [-0.2, 0) is 0 Å². The van der Waals surface area contributed by atoms with Crippen molar-refractivity contribution in [2.75, 3.05) is 5.32 Å². The molecule has 1 aromatic carbocycles. The van der Waals surface area contributed by atoms with Crippen molar-refractivity contribution < 1.29 is 0 Å². The van der Waals surface area contributed by atoms with E-state index in [0.29, 0.717) is 5.02 Å². The van der Waals surface area contributed by atoms with Gasteiger partial charge in [0.05, 0.1) is 21.1 Å². The molecule has 1 atom stereocenters. The molecule has 1 N–H and O–H groups in total. The fourth-order valence-corrected chi connectivity index (χ4v) is 3.26. The lowest BCUT2D eigenvalue weighted by atomic mass is 10.2. The largest absolute Gasteiger partial charge is 0.376 e. The molecular formula is C12H10BrCl2NS. The molecule has 1 heterocycles. The predicted molar refractivity (Wildman–Crippen MR) is 80.5 cm³/mol. The SMILES string of the molecule is CC(Nc1ccc(Br)cc1Cl)c1ccc(Cl)s1. The minimum absolute atomic E-state index is 0.186. The van der Waals surface area contributed by atoms with Gasteiger partial charge < -0.3 is 5.32 Å². The van der Waals surface area contributed by atoms with Gasteiger partial charge in [0.25, 0.3) is 0 Å². The Bertz CT molecular complexity index is 527. The molecule has 1 unspecified atom stereocenters. The van der Waals surface area contributed by atoms with E-state index in [0.717, 1.165) is 14.5 Å². The van der Waals surface area contributed by atoms with Gasteiger partial charge in [0.15, 0.2) is 0 Å². The van der Waals surface area contributed by atoms with Crippen molar-refractivity contribution >= 4 is 56.2 Å². The summed E-state index contributed by atoms with van der Waals surface area (Å²) in [6.07, 6.45) is 0. The van der Waals surface area contributed by atoms with Gasteiger partial charge in [0.1, 0.15) is 0 Å². The van der Waals surface area contributed by atoms with Crippen LogP contribution in [0.5, 0.6) is 0 Å². The van der Waals surface area contributed by atoms with Crippen LogP contribution < -0.4 is 5.32 Å². The van der Waals surface area contributed by atoms with Gasteiger partial charge in [-0.2, -0.15) is 0 Å². The molecule has 1 aromatic heterocycles. The normalized spacial score (nSPS) is 12.5. The van der Waals surface area contributed by atoms with Crippen molar-refractivity contribution in [1.82, 2.24) is 0 Å². The van der Waals surface area contributed by atoms with E-state index in [4.69, 9.17) is 23.2 Å². The number of anilines is 1. The summed E-state index contributed by atoms with van der Waals surface area (Å²) >= 11 is 17.0. The summed E-state index contributed by atoms with van der Waals surface area (Å²) in [6, 6.07) is 9.91. The first-order valence-corrected chi connectivity index (χ1v) is 7.39. The lowest BCUT2D eigenvalue weighted by molar-refractivity contribution is 0.908. The van der Waals surface area contributed by atoms with Crippen LogP contribution in [0.2, 0.25) is 9.36 Å². The highest BCUT2D eigenvalue weighted by molar-refractivity contribution is 9.10. The van der Waals surface area contributed by atoms with Crippen molar-refractivity contribution in [3.05, 3.63) is 49.0 Å². The summed E-state index contributed by atoms with van der Waals surface area (Å²) in [5.74, 6) is 0. The van der Waals surface area contributed by atoms with Gasteiger partial charge in [-0.3, -0.25) is 0 Å². The van der Waals surface area contributed by atoms with Gasteiger partial charge >= 0.3 is 0 Å². The van der Waals surface area contributed by atoms with Gasteiger partial charge in [-0.25, -0.2) is 0 Å². The van der Waals surface area contributed by atoms with Gasteiger partial charge in [-0.05, 0) is 37.3 Å². The van der Waals surface area contributed by atoms with Crippen molar-refractivity contribution in [1.29, 1.82) is 0 Å². The van der Waals surface area contributed by atoms with E-state index in [9.17, 15) is 0 Å². The molecule has 0 aliphatic rings. The quantitative estimate of drug-likeness (QED) is 0.716. The van der Waals surface area contributed by atoms with E-state index < -0.39 is 0 Å². The maximum atomic E-state index is 6.15. The summed E-state index contributed by atoms with van der Waals surface area (Å²) in [5, 5.41) is 4.07. The molecule has 0 bridgehead atoms. The first-order chi connectivity index (χ1) is 8.06. The summed E-state index contributed by atoms with van der Waals surface area (Å²) in [6.45, 7) is 2.08. The summed E-state index contributed by atoms with van der Waals surface area (Å²) in [7, 11) is 0. The van der Waals surface area contributed by atoms with Gasteiger partial charge in [-0.1, -0.05) is 39.1 Å². The fraction of sp³-hybridized carbons (Fsp3) is 0.167. The third-order valence-electron chi connectivity index (χ3n) is 2.32. The molecule has 0 aliphatic heterocycles. The fourth-order valence-electron chi connectivity index (χ4n) is 1.47. The zero-order valence-electron chi connectivity index (χ0n) is 9.01. The van der Waals surface area contributed by atoms with Crippen LogP contribution in [0.25, 0.3) is 0 Å². The molecular weight excluding hydrogens is 341 g/mol. The molecule has 0 amide bonds. The lowest BCUT2D eigenvalue weighted by Gasteiger charge is -2.15. The molecule has 5 heteroatoms. The number of hydrogen-bond acceptors (Lipinski definition) is 2. The van der Waals surface area contributed by atoms with Crippen LogP contribution in [0.1, 0.15) is 17.8 Å². The Kier molecular flexibility index (Phi) is 4.36. The topological polar surface area (TPSA) is 12.0 Å². The smallest absolute Gasteiger partial charge is 0.0932 e. The lowest BCUT2D eigenvalue weighted by Crippen LogP contribution is -2.05. The van der Waals surface area contributed by atoms with Gasteiger partial charge in [0, 0.05) is 9.35 Å². The highest BCUT2D eigenvalue weighted by Crippen LogP contribution is 2.32. The maximum Gasteiger partial charge on any atom is 0.0932 e. The maximum absolute atomic E-state index is 6.15. The van der Waals surface area contributed by atoms with Crippen molar-refractivity contribution in [3.8, 4) is 0 Å². The Morgan fingerprint density at radius 3 is 2.59 bits per heavy atom. The van der Waals surface area contributed by atoms with E-state index >= 15 is 0 Å². The molecule has 0 radical (unpaired) electrons. The number of rotatable bonds is 3. The van der Waals surface area contributed by atoms with Crippen LogP contribution in [0.4, 0.5) is 5.69 Å². The van der Waals surface area contributed by atoms with E-state index in [-0.39, 0.29) is 6.04 Å². The Morgan fingerprint density at radius 1 is 1.24 bits per heavy atom. The molecule has 0 fully saturated rings. The summed E-state index contributed by atoms with van der Waals surface area (Å²) in [4.78, 5) is 1.19. The van der Waals surface area contributed by atoms with Crippen LogP contribution in [0, 0.1) is 0 Å². The first kappa shape index (κ1) is 13.2. The average Bonchev–Trinajstić information content (AvgIpc) is 2.69. The second kappa shape index (κ2) is 5.61. The summed E-state index contributed by atoms with van der Waals surface area (Å²) < 4.78 is 1.77. The number of halogens is 3. The zero-order chi connectivity index (χ0) is 12.4. The number of hydrogen-bond donors (Lipinski definition) is 1. The van der Waals surface area contributed by atoms with Crippen LogP contribution in [0.15, 0.2) is 34.8 Å². The standard InChI is InChI=1S/C12H10BrCl2NS/c1-7(11-4-5-12(15)17-11)16-10-3-2-8(13)6-9(10)14/h2-7,16H,1H3. The third kappa shape index (κ3) is 3.38. The van der Waals surface area contributed by atoms with E-state index in [1.54, 1.807) is 11.3 Å². The number of thiophene rings is 1. The van der Waals surface area contributed by atoms with Crippen molar-refractivity contribution in [2.45, 2.75) is 13.0 Å². The van der Waals surface area contributed by atoms with Crippen LogP contribution >= 0.6 is 50.5 Å². The molecule has 17 heavy (non-hydrogen) atoms. The molecule has 90 valence electrons. The van der Waals surface area contributed by atoms with E-state index in [1.165, 1.54) is 4.88 Å². The monoisotopic (exact) mass is 349 g/mol. The predicted octanol–water partition coefficient (Wildman–Crippen LogP) is 5.99. The van der Waals surface area contributed by atoms with E-state index in [2.05, 4.69) is 28.2 Å². The van der Waals surface area contributed by atoms with E-state index in [1.807, 2.05) is 30.3 Å². The summed E-state index contributed by atoms with van der Waals surface area (Å²) in [5.41, 5.74) is 0.923. The molecule has 0 aliphatic carbocycles. The average molecular weight is 351 g/mol. The Balaban J connectivity index is 2.15. The highest BCUT2D eigenvalue weighted by atomic mass is 79.9. The van der Waals surface area contributed by atoms with Crippen LogP contribution in [-0.4, -0.2) is 0 Å². The minimum atomic E-state index is 0.186. The molecule has 2 aromatic rings. The molecule has 0 saturated heterocycles. The Morgan fingerprint density at radius 2 is 2.00 bits per heavy atom. The molecule has 2 rings (SSSR count). The third-order valence-corrected chi connectivity index (χ3v) is 4.54. The molecule has 1 nitrogen and oxygen atoms in total. The zero-order valence-corrected chi connectivity index (χ0v) is 12.9. The number of nitrogens with one attached hydrogen (secondary N) is 1. The first-order valence-electron chi connectivity index (χ1n) is 5.03. The Labute approximate surface area is 123 Å². The highest BCUT2D eigenvalue weighted by Gasteiger charge is 2.10.